The predicted octanol–water partition coefficient (Wildman–Crippen LogP) is 5.57. The molecule has 0 aliphatic carbocycles. The Kier molecular flexibility index (Phi) is 4.57. The number of ether oxygens (including phenoxy) is 1. The van der Waals surface area contributed by atoms with Gasteiger partial charge in [-0.2, -0.15) is 0 Å². The number of aromatic nitrogens is 1. The molecule has 0 unspecified atom stereocenters. The lowest BCUT2D eigenvalue weighted by molar-refractivity contribution is 0.462. The summed E-state index contributed by atoms with van der Waals surface area (Å²) in [5.41, 5.74) is 0.744. The molecule has 1 aromatic carbocycles. The third-order valence-electron chi connectivity index (χ3n) is 2.16. The summed E-state index contributed by atoms with van der Waals surface area (Å²) in [5.74, 6) is 1.13. The van der Waals surface area contributed by atoms with Gasteiger partial charge in [-0.3, -0.25) is 0 Å². The van der Waals surface area contributed by atoms with Crippen molar-refractivity contribution in [1.29, 1.82) is 0 Å². The minimum atomic E-state index is 0.284. The number of alkyl halides is 1. The molecule has 0 amide bonds. The summed E-state index contributed by atoms with van der Waals surface area (Å²) in [5, 5.41) is 1.45. The van der Waals surface area contributed by atoms with Crippen molar-refractivity contribution < 1.29 is 4.74 Å². The second kappa shape index (κ2) is 5.98. The zero-order chi connectivity index (χ0) is 13.1. The molecule has 0 radical (unpaired) electrons. The smallest absolute Gasteiger partial charge is 0.219 e. The number of benzene rings is 1. The van der Waals surface area contributed by atoms with Gasteiger partial charge in [-0.1, -0.05) is 34.8 Å². The molecule has 2 aromatic rings. The van der Waals surface area contributed by atoms with Gasteiger partial charge in [0.25, 0.3) is 0 Å². The zero-order valence-electron chi connectivity index (χ0n) is 8.96. The Hall–Kier alpha value is -0.670. The summed E-state index contributed by atoms with van der Waals surface area (Å²) in [7, 11) is 0. The van der Waals surface area contributed by atoms with Crippen molar-refractivity contribution in [3.63, 3.8) is 0 Å². The maximum absolute atomic E-state index is 6.00. The minimum Gasteiger partial charge on any atom is -0.437 e. The molecule has 6 heteroatoms. The molecule has 0 bridgehead atoms. The van der Waals surface area contributed by atoms with Crippen LogP contribution in [0, 0.1) is 0 Å². The van der Waals surface area contributed by atoms with Crippen LogP contribution in [0.1, 0.15) is 5.56 Å². The standard InChI is InChI=1S/C12H7Cl4NO/c13-5-7-3-12(17-6-10(7)16)18-11-2-1-8(14)4-9(11)15/h1-4,6H,5H2. The lowest BCUT2D eigenvalue weighted by Gasteiger charge is -2.08. The molecule has 0 aliphatic rings. The molecule has 0 atom stereocenters. The first kappa shape index (κ1) is 13.8. The summed E-state index contributed by atoms with van der Waals surface area (Å²) in [6.45, 7) is 0. The molecular weight excluding hydrogens is 316 g/mol. The van der Waals surface area contributed by atoms with Gasteiger partial charge in [-0.25, -0.2) is 4.98 Å². The average molecular weight is 323 g/mol. The summed E-state index contributed by atoms with van der Waals surface area (Å²) in [6.07, 6.45) is 1.48. The third kappa shape index (κ3) is 3.21. The van der Waals surface area contributed by atoms with Crippen LogP contribution in [0.3, 0.4) is 0 Å². The highest BCUT2D eigenvalue weighted by Crippen LogP contribution is 2.32. The van der Waals surface area contributed by atoms with E-state index in [-0.39, 0.29) is 5.88 Å². The van der Waals surface area contributed by atoms with E-state index in [1.165, 1.54) is 6.20 Å². The fourth-order valence-electron chi connectivity index (χ4n) is 1.29. The lowest BCUT2D eigenvalue weighted by Crippen LogP contribution is -1.91. The van der Waals surface area contributed by atoms with Crippen LogP contribution in [0.15, 0.2) is 30.5 Å². The van der Waals surface area contributed by atoms with Gasteiger partial charge in [0, 0.05) is 23.2 Å². The van der Waals surface area contributed by atoms with Crippen molar-refractivity contribution in [2.45, 2.75) is 5.88 Å². The van der Waals surface area contributed by atoms with Crippen LogP contribution in [0.5, 0.6) is 11.6 Å². The number of nitrogens with zero attached hydrogens (tertiary/aromatic N) is 1. The lowest BCUT2D eigenvalue weighted by atomic mass is 10.3. The van der Waals surface area contributed by atoms with E-state index < -0.39 is 0 Å². The first-order valence-electron chi connectivity index (χ1n) is 4.93. The van der Waals surface area contributed by atoms with Crippen LogP contribution in [0.25, 0.3) is 0 Å². The number of halogens is 4. The Balaban J connectivity index is 2.28. The van der Waals surface area contributed by atoms with E-state index in [1.807, 2.05) is 0 Å². The van der Waals surface area contributed by atoms with Crippen LogP contribution < -0.4 is 4.74 Å². The Bertz CT molecular complexity index is 574. The fourth-order valence-corrected chi connectivity index (χ4v) is 2.19. The molecule has 2 rings (SSSR count). The Morgan fingerprint density at radius 1 is 1.06 bits per heavy atom. The second-order valence-corrected chi connectivity index (χ2v) is 4.94. The highest BCUT2D eigenvalue weighted by molar-refractivity contribution is 6.35. The van der Waals surface area contributed by atoms with Crippen LogP contribution >= 0.6 is 46.4 Å². The molecule has 2 nitrogen and oxygen atoms in total. The van der Waals surface area contributed by atoms with E-state index in [0.717, 1.165) is 5.56 Å². The van der Waals surface area contributed by atoms with Gasteiger partial charge >= 0.3 is 0 Å². The quantitative estimate of drug-likeness (QED) is 0.689. The van der Waals surface area contributed by atoms with Crippen LogP contribution in [-0.4, -0.2) is 4.98 Å². The molecule has 94 valence electrons. The molecule has 1 heterocycles. The molecule has 0 saturated heterocycles. The normalized spacial score (nSPS) is 10.4. The zero-order valence-corrected chi connectivity index (χ0v) is 12.0. The van der Waals surface area contributed by atoms with Crippen LogP contribution in [-0.2, 0) is 5.88 Å². The maximum Gasteiger partial charge on any atom is 0.219 e. The molecule has 0 aliphatic heterocycles. The number of rotatable bonds is 3. The van der Waals surface area contributed by atoms with Crippen molar-refractivity contribution in [2.75, 3.05) is 0 Å². The summed E-state index contributed by atoms with van der Waals surface area (Å²) in [4.78, 5) is 4.04. The van der Waals surface area contributed by atoms with E-state index in [0.29, 0.717) is 26.7 Å². The van der Waals surface area contributed by atoms with Crippen LogP contribution in [0.2, 0.25) is 15.1 Å². The van der Waals surface area contributed by atoms with E-state index in [4.69, 9.17) is 51.1 Å². The third-order valence-corrected chi connectivity index (χ3v) is 3.32. The Morgan fingerprint density at radius 3 is 2.50 bits per heavy atom. The topological polar surface area (TPSA) is 22.1 Å². The molecule has 0 N–H and O–H groups in total. The second-order valence-electron chi connectivity index (χ2n) is 3.42. The first-order chi connectivity index (χ1) is 8.60. The van der Waals surface area contributed by atoms with Gasteiger partial charge in [0.2, 0.25) is 5.88 Å². The fraction of sp³-hybridized carbons (Fsp3) is 0.0833. The maximum atomic E-state index is 6.00. The molecular formula is C12H7Cl4NO. The minimum absolute atomic E-state index is 0.284. The molecule has 1 aromatic heterocycles. The van der Waals surface area contributed by atoms with Gasteiger partial charge in [0.15, 0.2) is 0 Å². The van der Waals surface area contributed by atoms with Gasteiger partial charge in [0.05, 0.1) is 10.0 Å². The number of hydrogen-bond acceptors (Lipinski definition) is 2. The summed E-state index contributed by atoms with van der Waals surface area (Å²) >= 11 is 23.4. The van der Waals surface area contributed by atoms with Gasteiger partial charge in [-0.15, -0.1) is 11.6 Å². The Labute approximate surface area is 124 Å². The summed E-state index contributed by atoms with van der Waals surface area (Å²) in [6, 6.07) is 6.61. The number of pyridine rings is 1. The van der Waals surface area contributed by atoms with E-state index in [1.54, 1.807) is 24.3 Å². The van der Waals surface area contributed by atoms with Crippen molar-refractivity contribution in [1.82, 2.24) is 4.98 Å². The highest BCUT2D eigenvalue weighted by Gasteiger charge is 2.07. The van der Waals surface area contributed by atoms with E-state index in [2.05, 4.69) is 4.98 Å². The predicted molar refractivity (Wildman–Crippen MR) is 75.3 cm³/mol. The largest absolute Gasteiger partial charge is 0.437 e. The Morgan fingerprint density at radius 2 is 1.83 bits per heavy atom. The highest BCUT2D eigenvalue weighted by atomic mass is 35.5. The molecule has 0 spiro atoms. The molecule has 0 fully saturated rings. The van der Waals surface area contributed by atoms with Crippen molar-refractivity contribution >= 4 is 46.4 Å². The van der Waals surface area contributed by atoms with Crippen molar-refractivity contribution in [3.05, 3.63) is 51.1 Å². The summed E-state index contributed by atoms with van der Waals surface area (Å²) < 4.78 is 5.54. The number of hydrogen-bond donors (Lipinski definition) is 0. The monoisotopic (exact) mass is 321 g/mol. The molecule has 0 saturated carbocycles. The van der Waals surface area contributed by atoms with Crippen molar-refractivity contribution in [2.24, 2.45) is 0 Å². The van der Waals surface area contributed by atoms with Crippen molar-refractivity contribution in [3.8, 4) is 11.6 Å². The van der Waals surface area contributed by atoms with Gasteiger partial charge in [-0.05, 0) is 23.8 Å². The SMILES string of the molecule is ClCc1cc(Oc2ccc(Cl)cc2Cl)ncc1Cl. The van der Waals surface area contributed by atoms with Gasteiger partial charge in [0.1, 0.15) is 5.75 Å². The van der Waals surface area contributed by atoms with E-state index >= 15 is 0 Å². The molecule has 18 heavy (non-hydrogen) atoms. The van der Waals surface area contributed by atoms with Crippen LogP contribution in [0.4, 0.5) is 0 Å². The first-order valence-corrected chi connectivity index (χ1v) is 6.60. The van der Waals surface area contributed by atoms with Gasteiger partial charge < -0.3 is 4.74 Å². The van der Waals surface area contributed by atoms with E-state index in [9.17, 15) is 0 Å². The average Bonchev–Trinajstić information content (AvgIpc) is 2.35.